The van der Waals surface area contributed by atoms with E-state index in [1.807, 2.05) is 19.1 Å². The highest BCUT2D eigenvalue weighted by molar-refractivity contribution is 8.19. The zero-order valence-electron chi connectivity index (χ0n) is 17.9. The number of halogens is 3. The lowest BCUT2D eigenvalue weighted by molar-refractivity contribution is -0.113. The molecule has 0 atom stereocenters. The lowest BCUT2D eigenvalue weighted by Crippen LogP contribution is -2.27. The van der Waals surface area contributed by atoms with Gasteiger partial charge in [-0.15, -0.1) is 0 Å². The minimum atomic E-state index is -0.630. The molecule has 3 aromatic rings. The Morgan fingerprint density at radius 3 is 2.44 bits per heavy atom. The van der Waals surface area contributed by atoms with Gasteiger partial charge < -0.3 is 9.47 Å². The molecule has 1 aliphatic rings. The maximum absolute atomic E-state index is 13.5. The Bertz CT molecular complexity index is 1280. The highest BCUT2D eigenvalue weighted by atomic mass is 35.5. The van der Waals surface area contributed by atoms with Gasteiger partial charge in [0.05, 0.1) is 22.2 Å². The number of anilines is 1. The van der Waals surface area contributed by atoms with Gasteiger partial charge in [-0.1, -0.05) is 41.4 Å². The number of imide groups is 1. The van der Waals surface area contributed by atoms with Crippen LogP contribution in [0, 0.1) is 5.82 Å². The molecule has 1 saturated heterocycles. The van der Waals surface area contributed by atoms with E-state index in [-0.39, 0.29) is 15.6 Å². The van der Waals surface area contributed by atoms with Crippen molar-refractivity contribution in [1.82, 2.24) is 0 Å². The van der Waals surface area contributed by atoms with Crippen LogP contribution in [0.4, 0.5) is 14.9 Å². The first-order valence-electron chi connectivity index (χ1n) is 10.2. The van der Waals surface area contributed by atoms with Crippen molar-refractivity contribution >= 4 is 57.9 Å². The van der Waals surface area contributed by atoms with Gasteiger partial charge in [0.1, 0.15) is 12.4 Å². The SMILES string of the molecule is CCOc1cc(/C=C2\SC(=O)N(c3ccc(F)c(Cl)c3)C2=O)ccc1OCc1ccc(Cl)cc1. The summed E-state index contributed by atoms with van der Waals surface area (Å²) in [6.07, 6.45) is 1.60. The average Bonchev–Trinajstić information content (AvgIpc) is 3.09. The Morgan fingerprint density at radius 2 is 1.74 bits per heavy atom. The maximum Gasteiger partial charge on any atom is 0.298 e. The highest BCUT2D eigenvalue weighted by Crippen LogP contribution is 2.38. The van der Waals surface area contributed by atoms with Crippen LogP contribution in [0.5, 0.6) is 11.5 Å². The summed E-state index contributed by atoms with van der Waals surface area (Å²) in [6.45, 7) is 2.60. The lowest BCUT2D eigenvalue weighted by Gasteiger charge is -2.13. The Kier molecular flexibility index (Phi) is 7.46. The van der Waals surface area contributed by atoms with E-state index >= 15 is 0 Å². The first-order chi connectivity index (χ1) is 16.4. The number of hydrogen-bond donors (Lipinski definition) is 0. The zero-order chi connectivity index (χ0) is 24.2. The Hall–Kier alpha value is -3.00. The fraction of sp³-hybridized carbons (Fsp3) is 0.120. The van der Waals surface area contributed by atoms with Crippen LogP contribution in [0.1, 0.15) is 18.1 Å². The molecule has 9 heteroatoms. The molecule has 1 heterocycles. The van der Waals surface area contributed by atoms with E-state index in [2.05, 4.69) is 0 Å². The summed E-state index contributed by atoms with van der Waals surface area (Å²) in [5, 5.41) is -0.0157. The molecule has 4 rings (SSSR count). The highest BCUT2D eigenvalue weighted by Gasteiger charge is 2.36. The molecule has 0 N–H and O–H groups in total. The van der Waals surface area contributed by atoms with Crippen LogP contribution in [-0.4, -0.2) is 17.8 Å². The summed E-state index contributed by atoms with van der Waals surface area (Å²) in [7, 11) is 0. The summed E-state index contributed by atoms with van der Waals surface area (Å²) >= 11 is 12.5. The molecule has 1 aliphatic heterocycles. The number of thioether (sulfide) groups is 1. The number of amides is 2. The van der Waals surface area contributed by atoms with Gasteiger partial charge in [-0.2, -0.15) is 0 Å². The first-order valence-corrected chi connectivity index (χ1v) is 11.8. The number of hydrogen-bond acceptors (Lipinski definition) is 5. The topological polar surface area (TPSA) is 55.8 Å². The summed E-state index contributed by atoms with van der Waals surface area (Å²) in [5.41, 5.74) is 1.81. The van der Waals surface area contributed by atoms with Gasteiger partial charge in [-0.25, -0.2) is 9.29 Å². The predicted octanol–water partition coefficient (Wildman–Crippen LogP) is 7.35. The quantitative estimate of drug-likeness (QED) is 0.306. The zero-order valence-corrected chi connectivity index (χ0v) is 20.2. The third-order valence-electron chi connectivity index (χ3n) is 4.83. The molecule has 0 radical (unpaired) electrons. The monoisotopic (exact) mass is 517 g/mol. The molecule has 3 aromatic carbocycles. The number of ether oxygens (including phenoxy) is 2. The molecule has 0 aromatic heterocycles. The number of carbonyl (C=O) groups excluding carboxylic acids is 2. The Balaban J connectivity index is 1.55. The molecular formula is C25H18Cl2FNO4S. The van der Waals surface area contributed by atoms with Crippen molar-refractivity contribution in [1.29, 1.82) is 0 Å². The van der Waals surface area contributed by atoms with E-state index < -0.39 is 17.0 Å². The van der Waals surface area contributed by atoms with E-state index in [4.69, 9.17) is 32.7 Å². The summed E-state index contributed by atoms with van der Waals surface area (Å²) in [6, 6.07) is 16.3. The first kappa shape index (κ1) is 24.1. The molecule has 0 unspecified atom stereocenters. The second-order valence-corrected chi connectivity index (χ2v) is 9.01. The molecule has 0 bridgehead atoms. The fourth-order valence-corrected chi connectivity index (χ4v) is 4.35. The van der Waals surface area contributed by atoms with Crippen LogP contribution < -0.4 is 14.4 Å². The number of benzene rings is 3. The molecule has 5 nitrogen and oxygen atoms in total. The van der Waals surface area contributed by atoms with Crippen LogP contribution in [0.25, 0.3) is 6.08 Å². The minimum Gasteiger partial charge on any atom is -0.490 e. The molecule has 174 valence electrons. The van der Waals surface area contributed by atoms with Gasteiger partial charge in [-0.3, -0.25) is 9.59 Å². The van der Waals surface area contributed by atoms with Crippen LogP contribution in [-0.2, 0) is 11.4 Å². The Morgan fingerprint density at radius 1 is 0.971 bits per heavy atom. The van der Waals surface area contributed by atoms with Crippen molar-refractivity contribution in [3.05, 3.63) is 92.6 Å². The van der Waals surface area contributed by atoms with Crippen LogP contribution in [0.15, 0.2) is 65.6 Å². The number of rotatable bonds is 7. The van der Waals surface area contributed by atoms with E-state index in [0.717, 1.165) is 28.3 Å². The molecule has 0 aliphatic carbocycles. The Labute approximate surface area is 210 Å². The molecule has 0 spiro atoms. The van der Waals surface area contributed by atoms with Gasteiger partial charge in [0.25, 0.3) is 11.1 Å². The third kappa shape index (κ3) is 5.38. The van der Waals surface area contributed by atoms with Crippen LogP contribution in [0.2, 0.25) is 10.0 Å². The number of nitrogens with zero attached hydrogens (tertiary/aromatic N) is 1. The molecule has 34 heavy (non-hydrogen) atoms. The van der Waals surface area contributed by atoms with Gasteiger partial charge >= 0.3 is 0 Å². The summed E-state index contributed by atoms with van der Waals surface area (Å²) in [5.74, 6) is -0.0915. The van der Waals surface area contributed by atoms with Gasteiger partial charge in [0.15, 0.2) is 11.5 Å². The smallest absolute Gasteiger partial charge is 0.298 e. The van der Waals surface area contributed by atoms with Crippen LogP contribution in [0.3, 0.4) is 0 Å². The molecular weight excluding hydrogens is 500 g/mol. The largest absolute Gasteiger partial charge is 0.490 e. The molecule has 1 fully saturated rings. The van der Waals surface area contributed by atoms with Crippen molar-refractivity contribution in [2.45, 2.75) is 13.5 Å². The van der Waals surface area contributed by atoms with Crippen molar-refractivity contribution in [2.24, 2.45) is 0 Å². The van der Waals surface area contributed by atoms with Crippen molar-refractivity contribution in [2.75, 3.05) is 11.5 Å². The van der Waals surface area contributed by atoms with E-state index in [1.54, 1.807) is 36.4 Å². The van der Waals surface area contributed by atoms with E-state index in [1.165, 1.54) is 12.1 Å². The summed E-state index contributed by atoms with van der Waals surface area (Å²) in [4.78, 5) is 26.6. The van der Waals surface area contributed by atoms with Crippen LogP contribution >= 0.6 is 35.0 Å². The normalized spacial score (nSPS) is 14.7. The van der Waals surface area contributed by atoms with Gasteiger partial charge in [0, 0.05) is 5.02 Å². The third-order valence-corrected chi connectivity index (χ3v) is 6.24. The second-order valence-electron chi connectivity index (χ2n) is 7.17. The van der Waals surface area contributed by atoms with Crippen molar-refractivity contribution < 1.29 is 23.5 Å². The molecule has 2 amide bonds. The molecule has 0 saturated carbocycles. The fourth-order valence-electron chi connectivity index (χ4n) is 3.21. The summed E-state index contributed by atoms with van der Waals surface area (Å²) < 4.78 is 25.1. The predicted molar refractivity (Wildman–Crippen MR) is 133 cm³/mol. The van der Waals surface area contributed by atoms with Crippen molar-refractivity contribution in [3.8, 4) is 11.5 Å². The van der Waals surface area contributed by atoms with E-state index in [9.17, 15) is 14.0 Å². The van der Waals surface area contributed by atoms with Gasteiger partial charge in [-0.05, 0) is 78.4 Å². The lowest BCUT2D eigenvalue weighted by atomic mass is 10.1. The van der Waals surface area contributed by atoms with Crippen molar-refractivity contribution in [3.63, 3.8) is 0 Å². The standard InChI is InChI=1S/C25H18Cl2FNO4S/c1-2-32-22-11-16(5-10-21(22)33-14-15-3-6-17(26)7-4-15)12-23-24(30)29(25(31)34-23)18-8-9-20(28)19(27)13-18/h3-13H,2,14H2,1H3/b23-12-. The van der Waals surface area contributed by atoms with Gasteiger partial charge in [0.2, 0.25) is 0 Å². The number of carbonyl (C=O) groups is 2. The maximum atomic E-state index is 13.5. The second kappa shape index (κ2) is 10.5. The van der Waals surface area contributed by atoms with E-state index in [0.29, 0.717) is 35.3 Å². The minimum absolute atomic E-state index is 0.170. The average molecular weight is 518 g/mol.